The van der Waals surface area contributed by atoms with Crippen molar-refractivity contribution in [2.75, 3.05) is 6.61 Å². The summed E-state index contributed by atoms with van der Waals surface area (Å²) in [7, 11) is 0. The van der Waals surface area contributed by atoms with Crippen molar-refractivity contribution >= 4 is 23.7 Å². The Morgan fingerprint density at radius 3 is 3.00 bits per heavy atom. The van der Waals surface area contributed by atoms with Gasteiger partial charge in [0.1, 0.15) is 5.15 Å². The summed E-state index contributed by atoms with van der Waals surface area (Å²) in [6.45, 7) is 2.25. The summed E-state index contributed by atoms with van der Waals surface area (Å²) in [5.74, 6) is -0.176. The summed E-state index contributed by atoms with van der Waals surface area (Å²) < 4.78 is 5.27. The molecule has 0 aliphatic carbocycles. The number of carbonyl (C=O) groups excluding carboxylic acids is 1. The number of halogens is 1. The molecule has 0 unspecified atom stereocenters. The molecule has 1 heterocycles. The third-order valence-electron chi connectivity index (χ3n) is 2.70. The van der Waals surface area contributed by atoms with E-state index in [1.807, 2.05) is 6.92 Å². The summed E-state index contributed by atoms with van der Waals surface area (Å²) in [6.07, 6.45) is 2.81. The van der Waals surface area contributed by atoms with Gasteiger partial charge in [0, 0.05) is 11.8 Å². The quantitative estimate of drug-likeness (QED) is 0.504. The Bertz CT molecular complexity index is 704. The van der Waals surface area contributed by atoms with Gasteiger partial charge in [0.15, 0.2) is 11.5 Å². The lowest BCUT2D eigenvalue weighted by atomic mass is 10.2. The normalized spacial score (nSPS) is 10.6. The number of aromatic nitrogens is 1. The zero-order valence-corrected chi connectivity index (χ0v) is 12.5. The Morgan fingerprint density at radius 1 is 1.45 bits per heavy atom. The Balaban J connectivity index is 2.09. The van der Waals surface area contributed by atoms with Crippen molar-refractivity contribution in [3.05, 3.63) is 52.8 Å². The molecule has 2 aromatic rings. The van der Waals surface area contributed by atoms with Crippen LogP contribution in [0.25, 0.3) is 0 Å². The number of amides is 1. The fourth-order valence-corrected chi connectivity index (χ4v) is 1.90. The molecule has 0 radical (unpaired) electrons. The van der Waals surface area contributed by atoms with Crippen LogP contribution < -0.4 is 10.2 Å². The highest BCUT2D eigenvalue weighted by atomic mass is 35.5. The first-order valence-electron chi connectivity index (χ1n) is 6.52. The molecule has 6 nitrogen and oxygen atoms in total. The average Bonchev–Trinajstić information content (AvgIpc) is 2.51. The van der Waals surface area contributed by atoms with Crippen molar-refractivity contribution in [1.82, 2.24) is 10.4 Å². The van der Waals surface area contributed by atoms with Crippen LogP contribution in [0, 0.1) is 0 Å². The van der Waals surface area contributed by atoms with Gasteiger partial charge in [-0.3, -0.25) is 4.79 Å². The van der Waals surface area contributed by atoms with E-state index in [0.717, 1.165) is 0 Å². The first-order chi connectivity index (χ1) is 10.6. The number of nitrogens with one attached hydrogen (secondary N) is 1. The predicted octanol–water partition coefficient (Wildman–Crippen LogP) is 2.60. The monoisotopic (exact) mass is 319 g/mol. The molecule has 1 amide bonds. The van der Waals surface area contributed by atoms with Crippen molar-refractivity contribution in [3.63, 3.8) is 0 Å². The van der Waals surface area contributed by atoms with Gasteiger partial charge in [-0.05, 0) is 31.2 Å². The molecule has 0 saturated heterocycles. The molecule has 0 spiro atoms. The number of nitrogens with zero attached hydrogens (tertiary/aromatic N) is 2. The van der Waals surface area contributed by atoms with Crippen LogP contribution in [0.5, 0.6) is 11.5 Å². The minimum atomic E-state index is -0.491. The zero-order valence-electron chi connectivity index (χ0n) is 11.8. The molecule has 0 fully saturated rings. The molecule has 0 bridgehead atoms. The molecule has 0 aliphatic heterocycles. The van der Waals surface area contributed by atoms with Gasteiger partial charge in [0.05, 0.1) is 18.4 Å². The molecule has 1 aromatic carbocycles. The molecule has 0 aliphatic rings. The maximum Gasteiger partial charge on any atom is 0.274 e. The molecule has 2 rings (SSSR count). The van der Waals surface area contributed by atoms with E-state index < -0.39 is 5.91 Å². The number of hydrogen-bond donors (Lipinski definition) is 2. The summed E-state index contributed by atoms with van der Waals surface area (Å²) in [5.41, 5.74) is 2.96. The number of rotatable bonds is 5. The highest BCUT2D eigenvalue weighted by Gasteiger charge is 2.10. The van der Waals surface area contributed by atoms with E-state index in [0.29, 0.717) is 17.9 Å². The number of phenolic OH excluding ortho intramolecular Hbond substituents is 1. The second-order valence-corrected chi connectivity index (χ2v) is 4.53. The molecular formula is C15H14ClN3O3. The van der Waals surface area contributed by atoms with E-state index in [9.17, 15) is 9.90 Å². The van der Waals surface area contributed by atoms with Gasteiger partial charge in [0.25, 0.3) is 5.91 Å². The van der Waals surface area contributed by atoms with Crippen LogP contribution in [0.1, 0.15) is 22.8 Å². The van der Waals surface area contributed by atoms with Crippen LogP contribution >= 0.6 is 11.6 Å². The molecular weight excluding hydrogens is 306 g/mol. The molecule has 7 heteroatoms. The summed E-state index contributed by atoms with van der Waals surface area (Å²) in [6, 6.07) is 8.13. The summed E-state index contributed by atoms with van der Waals surface area (Å²) >= 11 is 5.82. The highest BCUT2D eigenvalue weighted by molar-refractivity contribution is 6.32. The fourth-order valence-electron chi connectivity index (χ4n) is 1.69. The number of phenols is 1. The number of hydrazone groups is 1. The Labute approximate surface area is 132 Å². The van der Waals surface area contributed by atoms with Crippen LogP contribution in [0.2, 0.25) is 5.15 Å². The van der Waals surface area contributed by atoms with Gasteiger partial charge in [-0.1, -0.05) is 17.7 Å². The molecule has 22 heavy (non-hydrogen) atoms. The largest absolute Gasteiger partial charge is 0.504 e. The number of ether oxygens (including phenoxy) is 1. The number of aromatic hydroxyl groups is 1. The lowest BCUT2D eigenvalue weighted by Gasteiger charge is -2.07. The van der Waals surface area contributed by atoms with E-state index >= 15 is 0 Å². The third-order valence-corrected chi connectivity index (χ3v) is 3.00. The third kappa shape index (κ3) is 3.73. The standard InChI is InChI=1S/C15H14ClN3O3/c1-2-22-12-7-3-5-10(13(12)20)9-18-19-15(21)11-6-4-8-17-14(11)16/h3-9,20H,2H2,1H3,(H,19,21)/b18-9+. The second-order valence-electron chi connectivity index (χ2n) is 4.17. The van der Waals surface area contributed by atoms with Gasteiger partial charge in [-0.15, -0.1) is 0 Å². The Kier molecular flexibility index (Phi) is 5.32. The SMILES string of the molecule is CCOc1cccc(/C=N/NC(=O)c2cccnc2Cl)c1O. The maximum atomic E-state index is 11.9. The Morgan fingerprint density at radius 2 is 2.27 bits per heavy atom. The predicted molar refractivity (Wildman–Crippen MR) is 83.6 cm³/mol. The molecule has 0 atom stereocenters. The first kappa shape index (κ1) is 15.8. The van der Waals surface area contributed by atoms with E-state index in [4.69, 9.17) is 16.3 Å². The lowest BCUT2D eigenvalue weighted by Crippen LogP contribution is -2.18. The van der Waals surface area contributed by atoms with Crippen LogP contribution in [-0.4, -0.2) is 28.8 Å². The van der Waals surface area contributed by atoms with Crippen molar-refractivity contribution < 1.29 is 14.6 Å². The number of pyridine rings is 1. The second kappa shape index (κ2) is 7.42. The van der Waals surface area contributed by atoms with Crippen molar-refractivity contribution in [2.24, 2.45) is 5.10 Å². The van der Waals surface area contributed by atoms with E-state index in [1.165, 1.54) is 18.5 Å². The van der Waals surface area contributed by atoms with Gasteiger partial charge in [0.2, 0.25) is 0 Å². The van der Waals surface area contributed by atoms with Crippen LogP contribution in [0.3, 0.4) is 0 Å². The van der Waals surface area contributed by atoms with Crippen LogP contribution in [0.15, 0.2) is 41.6 Å². The first-order valence-corrected chi connectivity index (χ1v) is 6.90. The summed E-state index contributed by atoms with van der Waals surface area (Å²) in [4.78, 5) is 15.7. The minimum Gasteiger partial charge on any atom is -0.504 e. The molecule has 114 valence electrons. The number of para-hydroxylation sites is 1. The van der Waals surface area contributed by atoms with Crippen molar-refractivity contribution in [3.8, 4) is 11.5 Å². The molecule has 0 saturated carbocycles. The van der Waals surface area contributed by atoms with E-state index in [2.05, 4.69) is 15.5 Å². The van der Waals surface area contributed by atoms with Crippen molar-refractivity contribution in [1.29, 1.82) is 0 Å². The fraction of sp³-hybridized carbons (Fsp3) is 0.133. The highest BCUT2D eigenvalue weighted by Crippen LogP contribution is 2.28. The van der Waals surface area contributed by atoms with Gasteiger partial charge < -0.3 is 9.84 Å². The lowest BCUT2D eigenvalue weighted by molar-refractivity contribution is 0.0955. The smallest absolute Gasteiger partial charge is 0.274 e. The summed E-state index contributed by atoms with van der Waals surface area (Å²) in [5, 5.41) is 13.9. The van der Waals surface area contributed by atoms with E-state index in [1.54, 1.807) is 24.3 Å². The van der Waals surface area contributed by atoms with Gasteiger partial charge >= 0.3 is 0 Å². The molecule has 2 N–H and O–H groups in total. The maximum absolute atomic E-state index is 11.9. The van der Waals surface area contributed by atoms with Gasteiger partial charge in [-0.25, -0.2) is 10.4 Å². The van der Waals surface area contributed by atoms with Crippen LogP contribution in [0.4, 0.5) is 0 Å². The Hall–Kier alpha value is -2.60. The van der Waals surface area contributed by atoms with E-state index in [-0.39, 0.29) is 16.5 Å². The molecule has 1 aromatic heterocycles. The number of hydrogen-bond acceptors (Lipinski definition) is 5. The van der Waals surface area contributed by atoms with Crippen LogP contribution in [-0.2, 0) is 0 Å². The zero-order chi connectivity index (χ0) is 15.9. The number of benzene rings is 1. The van der Waals surface area contributed by atoms with Crippen molar-refractivity contribution in [2.45, 2.75) is 6.92 Å². The average molecular weight is 320 g/mol. The van der Waals surface area contributed by atoms with Gasteiger partial charge in [-0.2, -0.15) is 5.10 Å². The number of carbonyl (C=O) groups is 1. The minimum absolute atomic E-state index is 0.0400. The topological polar surface area (TPSA) is 83.8 Å².